The Kier molecular flexibility index (Phi) is 9.17. The summed E-state index contributed by atoms with van der Waals surface area (Å²) in [6.07, 6.45) is 1.63. The van der Waals surface area contributed by atoms with Crippen LogP contribution in [0.15, 0.2) is 237 Å². The average Bonchev–Trinajstić information content (AvgIpc) is 4.03. The number of para-hydroxylation sites is 3. The summed E-state index contributed by atoms with van der Waals surface area (Å²) in [6, 6.07) is 83.5. The van der Waals surface area contributed by atoms with Crippen LogP contribution in [0.5, 0.6) is 0 Å². The van der Waals surface area contributed by atoms with Crippen LogP contribution in [0.3, 0.4) is 0 Å². The van der Waals surface area contributed by atoms with Crippen molar-refractivity contribution in [3.63, 3.8) is 0 Å². The van der Waals surface area contributed by atoms with E-state index in [4.69, 9.17) is 9.97 Å². The molecule has 0 radical (unpaired) electrons. The predicted molar refractivity (Wildman–Crippen MR) is 293 cm³/mol. The Hall–Kier alpha value is -9.19. The van der Waals surface area contributed by atoms with Crippen molar-refractivity contribution < 1.29 is 0 Å². The first-order chi connectivity index (χ1) is 34.9. The number of rotatable bonds is 7. The Balaban J connectivity index is 0.782. The highest BCUT2D eigenvalue weighted by Crippen LogP contribution is 2.51. The van der Waals surface area contributed by atoms with Crippen molar-refractivity contribution in [1.82, 2.24) is 24.1 Å². The maximum Gasteiger partial charge on any atom is 0.163 e. The minimum atomic E-state index is -0.269. The van der Waals surface area contributed by atoms with E-state index in [-0.39, 0.29) is 5.41 Å². The molecule has 0 unspecified atom stereocenters. The normalized spacial score (nSPS) is 12.8. The molecule has 1 aliphatic carbocycles. The van der Waals surface area contributed by atoms with E-state index >= 15 is 0 Å². The van der Waals surface area contributed by atoms with Gasteiger partial charge in [0.2, 0.25) is 0 Å². The molecule has 0 saturated heterocycles. The van der Waals surface area contributed by atoms with Gasteiger partial charge in [0.15, 0.2) is 11.6 Å². The number of nitrogens with zero attached hydrogens (tertiary/aromatic N) is 5. The molecule has 71 heavy (non-hydrogen) atoms. The molecule has 5 nitrogen and oxygen atoms in total. The number of aromatic nitrogens is 5. The monoisotopic (exact) mass is 907 g/mol. The van der Waals surface area contributed by atoms with Crippen molar-refractivity contribution >= 4 is 43.6 Å². The second kappa shape index (κ2) is 15.9. The SMILES string of the molecule is CC1(C)c2cc(-c3ncnc(-c4ccc(-c5ccc(-c6ccccc6)cc5)cc4)n3)ccc2-c2ccc(-n3c4ccccc4c4cc(-c5ccc6c7ccccc7n(-c7ccccc7)c6c5)ccc43)cc21. The molecule has 14 rings (SSSR count). The van der Waals surface area contributed by atoms with Gasteiger partial charge in [0, 0.05) is 49.5 Å². The van der Waals surface area contributed by atoms with Crippen molar-refractivity contribution in [3.8, 4) is 78.7 Å². The van der Waals surface area contributed by atoms with E-state index in [1.54, 1.807) is 6.33 Å². The van der Waals surface area contributed by atoms with Crippen molar-refractivity contribution in [2.75, 3.05) is 0 Å². The van der Waals surface area contributed by atoms with Gasteiger partial charge in [0.1, 0.15) is 6.33 Å². The minimum Gasteiger partial charge on any atom is -0.309 e. The highest BCUT2D eigenvalue weighted by molar-refractivity contribution is 6.12. The topological polar surface area (TPSA) is 48.5 Å². The lowest BCUT2D eigenvalue weighted by Gasteiger charge is -2.23. The summed E-state index contributed by atoms with van der Waals surface area (Å²) in [6.45, 7) is 4.68. The van der Waals surface area contributed by atoms with Gasteiger partial charge in [-0.25, -0.2) is 15.0 Å². The molecule has 0 saturated carbocycles. The summed E-state index contributed by atoms with van der Waals surface area (Å²) in [4.78, 5) is 14.3. The van der Waals surface area contributed by atoms with Crippen molar-refractivity contribution in [3.05, 3.63) is 248 Å². The molecular weight excluding hydrogens is 863 g/mol. The maximum atomic E-state index is 5.03. The van der Waals surface area contributed by atoms with E-state index in [2.05, 4.69) is 252 Å². The Morgan fingerprint density at radius 3 is 1.46 bits per heavy atom. The maximum absolute atomic E-state index is 5.03. The van der Waals surface area contributed by atoms with E-state index in [1.165, 1.54) is 93.7 Å². The third-order valence-corrected chi connectivity index (χ3v) is 14.9. The lowest BCUT2D eigenvalue weighted by atomic mass is 9.82. The molecule has 0 atom stereocenters. The Morgan fingerprint density at radius 1 is 0.310 bits per heavy atom. The zero-order valence-electron chi connectivity index (χ0n) is 39.3. The smallest absolute Gasteiger partial charge is 0.163 e. The van der Waals surface area contributed by atoms with Crippen molar-refractivity contribution in [2.24, 2.45) is 0 Å². The largest absolute Gasteiger partial charge is 0.309 e. The zero-order chi connectivity index (χ0) is 47.2. The lowest BCUT2D eigenvalue weighted by molar-refractivity contribution is 0.660. The zero-order valence-corrected chi connectivity index (χ0v) is 39.3. The molecule has 0 amide bonds. The van der Waals surface area contributed by atoms with Crippen LogP contribution >= 0.6 is 0 Å². The number of hydrogen-bond acceptors (Lipinski definition) is 3. The molecule has 10 aromatic carbocycles. The van der Waals surface area contributed by atoms with Crippen LogP contribution in [0.25, 0.3) is 122 Å². The lowest BCUT2D eigenvalue weighted by Crippen LogP contribution is -2.15. The third-order valence-electron chi connectivity index (χ3n) is 14.9. The highest BCUT2D eigenvalue weighted by atomic mass is 15.0. The fourth-order valence-corrected chi connectivity index (χ4v) is 11.3. The first kappa shape index (κ1) is 40.8. The predicted octanol–water partition coefficient (Wildman–Crippen LogP) is 16.7. The molecule has 0 fully saturated rings. The molecule has 0 spiro atoms. The third kappa shape index (κ3) is 6.58. The van der Waals surface area contributed by atoms with Crippen molar-refractivity contribution in [1.29, 1.82) is 0 Å². The van der Waals surface area contributed by atoms with Gasteiger partial charge in [0.25, 0.3) is 0 Å². The summed E-state index contributed by atoms with van der Waals surface area (Å²) in [5.41, 5.74) is 20.9. The van der Waals surface area contributed by atoms with Crippen LogP contribution in [0.1, 0.15) is 25.0 Å². The Morgan fingerprint density at radius 2 is 0.775 bits per heavy atom. The van der Waals surface area contributed by atoms with Gasteiger partial charge in [-0.15, -0.1) is 0 Å². The van der Waals surface area contributed by atoms with E-state index in [1.807, 2.05) is 6.07 Å². The molecule has 5 heteroatoms. The molecule has 3 aromatic heterocycles. The van der Waals surface area contributed by atoms with Gasteiger partial charge in [0.05, 0.1) is 22.1 Å². The number of hydrogen-bond donors (Lipinski definition) is 0. The second-order valence-corrected chi connectivity index (χ2v) is 19.3. The summed E-state index contributed by atoms with van der Waals surface area (Å²) in [7, 11) is 0. The van der Waals surface area contributed by atoms with Gasteiger partial charge in [-0.1, -0.05) is 184 Å². The molecular formula is C66H45N5. The quantitative estimate of drug-likeness (QED) is 0.160. The average molecular weight is 908 g/mol. The molecule has 0 N–H and O–H groups in total. The van der Waals surface area contributed by atoms with Gasteiger partial charge >= 0.3 is 0 Å². The standard InChI is InChI=1S/C66H45N5/c1-66(2)58-38-49(65-68-41-67-64(69-65)46-27-25-45(26-28-46)44-23-21-43(22-24-44)42-13-5-3-6-14-42)30-33-52(58)53-35-32-51(40-59(53)66)71-61-20-12-10-18-55(61)57-37-47(31-36-62(57)71)48-29-34-56-54-17-9-11-19-60(54)70(63(56)39-48)50-15-7-4-8-16-50/h3-41H,1-2H3. The van der Waals surface area contributed by atoms with Crippen LogP contribution in [0.4, 0.5) is 0 Å². The van der Waals surface area contributed by atoms with Crippen LogP contribution < -0.4 is 0 Å². The molecule has 1 aliphatic rings. The summed E-state index contributed by atoms with van der Waals surface area (Å²) < 4.78 is 4.83. The van der Waals surface area contributed by atoms with Crippen LogP contribution in [0, 0.1) is 0 Å². The van der Waals surface area contributed by atoms with Gasteiger partial charge in [-0.2, -0.15) is 0 Å². The first-order valence-electron chi connectivity index (χ1n) is 24.3. The van der Waals surface area contributed by atoms with Crippen LogP contribution in [-0.2, 0) is 5.41 Å². The summed E-state index contributed by atoms with van der Waals surface area (Å²) in [5.74, 6) is 1.31. The molecule has 3 heterocycles. The summed E-state index contributed by atoms with van der Waals surface area (Å²) >= 11 is 0. The molecule has 0 bridgehead atoms. The van der Waals surface area contributed by atoms with Crippen LogP contribution in [0.2, 0.25) is 0 Å². The molecule has 0 aliphatic heterocycles. The van der Waals surface area contributed by atoms with E-state index in [0.29, 0.717) is 11.6 Å². The first-order valence-corrected chi connectivity index (χ1v) is 24.3. The van der Waals surface area contributed by atoms with E-state index in [0.717, 1.165) is 28.1 Å². The number of fused-ring (bicyclic) bond motifs is 9. The summed E-state index contributed by atoms with van der Waals surface area (Å²) in [5, 5.41) is 4.98. The highest BCUT2D eigenvalue weighted by Gasteiger charge is 2.36. The van der Waals surface area contributed by atoms with Crippen LogP contribution in [-0.4, -0.2) is 24.1 Å². The van der Waals surface area contributed by atoms with Gasteiger partial charge in [-0.05, 0) is 116 Å². The second-order valence-electron chi connectivity index (χ2n) is 19.3. The fraction of sp³-hybridized carbons (Fsp3) is 0.0455. The number of benzene rings is 10. The minimum absolute atomic E-state index is 0.269. The van der Waals surface area contributed by atoms with E-state index < -0.39 is 0 Å². The fourth-order valence-electron chi connectivity index (χ4n) is 11.3. The molecule has 334 valence electrons. The Labute approximate surface area is 411 Å². The Bertz CT molecular complexity index is 4220. The van der Waals surface area contributed by atoms with Gasteiger partial charge in [-0.3, -0.25) is 0 Å². The van der Waals surface area contributed by atoms with Crippen molar-refractivity contribution in [2.45, 2.75) is 19.3 Å². The van der Waals surface area contributed by atoms with Gasteiger partial charge < -0.3 is 9.13 Å². The van der Waals surface area contributed by atoms with E-state index in [9.17, 15) is 0 Å². The molecule has 13 aromatic rings.